The number of hydrogen-bond acceptors (Lipinski definition) is 2. The zero-order chi connectivity index (χ0) is 12.4. The van der Waals surface area contributed by atoms with Crippen LogP contribution >= 0.6 is 0 Å². The van der Waals surface area contributed by atoms with Gasteiger partial charge in [-0.1, -0.05) is 31.7 Å². The second-order valence-electron chi connectivity index (χ2n) is 4.89. The molecule has 0 amide bonds. The lowest BCUT2D eigenvalue weighted by molar-refractivity contribution is 0.298. The Morgan fingerprint density at radius 1 is 1.53 bits per heavy atom. The van der Waals surface area contributed by atoms with E-state index < -0.39 is 0 Å². The summed E-state index contributed by atoms with van der Waals surface area (Å²) >= 11 is 0. The van der Waals surface area contributed by atoms with Crippen molar-refractivity contribution in [1.82, 2.24) is 0 Å². The van der Waals surface area contributed by atoms with E-state index in [4.69, 9.17) is 5.11 Å². The fourth-order valence-electron chi connectivity index (χ4n) is 2.62. The highest BCUT2D eigenvalue weighted by molar-refractivity contribution is 5.65. The van der Waals surface area contributed by atoms with Gasteiger partial charge in [-0.05, 0) is 30.4 Å². The van der Waals surface area contributed by atoms with E-state index >= 15 is 0 Å². The highest BCUT2D eigenvalue weighted by atomic mass is 16.3. The minimum Gasteiger partial charge on any atom is -0.396 e. The van der Waals surface area contributed by atoms with Crippen molar-refractivity contribution in [2.24, 2.45) is 0 Å². The summed E-state index contributed by atoms with van der Waals surface area (Å²) in [6, 6.07) is 6.49. The van der Waals surface area contributed by atoms with Crippen molar-refractivity contribution in [3.8, 4) is 0 Å². The molecule has 2 nitrogen and oxygen atoms in total. The standard InChI is InChI=1S/C15H21NO/c1-11-7-9-16(13(3)8-10-17)15-12(2)5-4-6-14(11)15/h4-6,11,17H,3,7-10H2,1-2H3. The molecule has 1 aliphatic rings. The van der Waals surface area contributed by atoms with Gasteiger partial charge in [0.05, 0.1) is 0 Å². The zero-order valence-electron chi connectivity index (χ0n) is 10.7. The second kappa shape index (κ2) is 4.92. The van der Waals surface area contributed by atoms with Crippen LogP contribution in [0.5, 0.6) is 0 Å². The molecule has 0 bridgehead atoms. The molecule has 0 saturated heterocycles. The zero-order valence-corrected chi connectivity index (χ0v) is 10.7. The summed E-state index contributed by atoms with van der Waals surface area (Å²) in [5.74, 6) is 0.614. The van der Waals surface area contributed by atoms with Gasteiger partial charge in [0, 0.05) is 31.0 Å². The quantitative estimate of drug-likeness (QED) is 0.863. The number of aliphatic hydroxyl groups is 1. The molecule has 0 spiro atoms. The molecule has 1 aliphatic heterocycles. The van der Waals surface area contributed by atoms with E-state index in [9.17, 15) is 0 Å². The van der Waals surface area contributed by atoms with Crippen LogP contribution in [0, 0.1) is 6.92 Å². The maximum absolute atomic E-state index is 9.05. The summed E-state index contributed by atoms with van der Waals surface area (Å²) in [6.45, 7) is 9.71. The van der Waals surface area contributed by atoms with Crippen molar-refractivity contribution in [1.29, 1.82) is 0 Å². The Labute approximate surface area is 104 Å². The van der Waals surface area contributed by atoms with Crippen LogP contribution in [0.15, 0.2) is 30.5 Å². The minimum atomic E-state index is 0.173. The highest BCUT2D eigenvalue weighted by Crippen LogP contribution is 2.39. The van der Waals surface area contributed by atoms with E-state index in [2.05, 4.69) is 43.5 Å². The third-order valence-corrected chi connectivity index (χ3v) is 3.64. The maximum Gasteiger partial charge on any atom is 0.0485 e. The van der Waals surface area contributed by atoms with E-state index in [1.54, 1.807) is 0 Å². The summed E-state index contributed by atoms with van der Waals surface area (Å²) < 4.78 is 0. The van der Waals surface area contributed by atoms with Crippen LogP contribution < -0.4 is 4.90 Å². The molecule has 17 heavy (non-hydrogen) atoms. The normalized spacial score (nSPS) is 19.0. The Balaban J connectivity index is 2.41. The first kappa shape index (κ1) is 12.2. The molecule has 1 atom stereocenters. The molecule has 0 fully saturated rings. The Morgan fingerprint density at radius 3 is 3.00 bits per heavy atom. The van der Waals surface area contributed by atoms with Gasteiger partial charge in [-0.25, -0.2) is 0 Å². The predicted octanol–water partition coefficient (Wildman–Crippen LogP) is 3.20. The van der Waals surface area contributed by atoms with E-state index in [0.29, 0.717) is 12.3 Å². The van der Waals surface area contributed by atoms with Gasteiger partial charge >= 0.3 is 0 Å². The van der Waals surface area contributed by atoms with Gasteiger partial charge in [-0.15, -0.1) is 0 Å². The number of benzene rings is 1. The molecule has 0 aromatic heterocycles. The number of fused-ring (bicyclic) bond motifs is 1. The number of aliphatic hydroxyl groups excluding tert-OH is 1. The Bertz CT molecular complexity index is 425. The van der Waals surface area contributed by atoms with Crippen molar-refractivity contribution >= 4 is 5.69 Å². The summed E-state index contributed by atoms with van der Waals surface area (Å²) in [4.78, 5) is 2.28. The average Bonchev–Trinajstić information content (AvgIpc) is 2.31. The molecule has 1 N–H and O–H groups in total. The number of hydrogen-bond donors (Lipinski definition) is 1. The molecule has 2 rings (SSSR count). The number of anilines is 1. The maximum atomic E-state index is 9.05. The Morgan fingerprint density at radius 2 is 2.29 bits per heavy atom. The third kappa shape index (κ3) is 2.22. The molecule has 92 valence electrons. The molecule has 1 heterocycles. The Kier molecular flexibility index (Phi) is 3.53. The monoisotopic (exact) mass is 231 g/mol. The van der Waals surface area contributed by atoms with Crippen LogP contribution in [0.2, 0.25) is 0 Å². The molecule has 1 unspecified atom stereocenters. The lowest BCUT2D eigenvalue weighted by Gasteiger charge is -2.37. The van der Waals surface area contributed by atoms with E-state index in [1.165, 1.54) is 16.8 Å². The molecule has 0 saturated carbocycles. The van der Waals surface area contributed by atoms with E-state index in [1.807, 2.05) is 0 Å². The first-order valence-electron chi connectivity index (χ1n) is 6.31. The van der Waals surface area contributed by atoms with Crippen molar-refractivity contribution in [3.05, 3.63) is 41.6 Å². The van der Waals surface area contributed by atoms with Crippen LogP contribution in [0.25, 0.3) is 0 Å². The predicted molar refractivity (Wildman–Crippen MR) is 72.4 cm³/mol. The molecular weight excluding hydrogens is 210 g/mol. The van der Waals surface area contributed by atoms with Gasteiger partial charge in [0.15, 0.2) is 0 Å². The van der Waals surface area contributed by atoms with Gasteiger partial charge in [0.1, 0.15) is 0 Å². The molecule has 0 radical (unpaired) electrons. The highest BCUT2D eigenvalue weighted by Gasteiger charge is 2.24. The molecule has 2 heteroatoms. The Hall–Kier alpha value is -1.28. The molecule has 1 aromatic carbocycles. The second-order valence-corrected chi connectivity index (χ2v) is 4.89. The van der Waals surface area contributed by atoms with E-state index in [0.717, 1.165) is 18.7 Å². The lowest BCUT2D eigenvalue weighted by atomic mass is 9.89. The molecular formula is C15H21NO. The lowest BCUT2D eigenvalue weighted by Crippen LogP contribution is -2.30. The van der Waals surface area contributed by atoms with Gasteiger partial charge < -0.3 is 10.0 Å². The number of rotatable bonds is 3. The fraction of sp³-hybridized carbons (Fsp3) is 0.467. The minimum absolute atomic E-state index is 0.173. The summed E-state index contributed by atoms with van der Waals surface area (Å²) in [6.07, 6.45) is 1.81. The summed E-state index contributed by atoms with van der Waals surface area (Å²) in [7, 11) is 0. The van der Waals surface area contributed by atoms with Crippen molar-refractivity contribution in [2.45, 2.75) is 32.6 Å². The van der Waals surface area contributed by atoms with Crippen molar-refractivity contribution in [2.75, 3.05) is 18.1 Å². The first-order valence-corrected chi connectivity index (χ1v) is 6.31. The number of nitrogens with zero attached hydrogens (tertiary/aromatic N) is 1. The topological polar surface area (TPSA) is 23.5 Å². The van der Waals surface area contributed by atoms with E-state index in [-0.39, 0.29) is 6.61 Å². The van der Waals surface area contributed by atoms with Gasteiger partial charge in [-0.3, -0.25) is 0 Å². The molecule has 0 aliphatic carbocycles. The van der Waals surface area contributed by atoms with Crippen LogP contribution in [0.4, 0.5) is 5.69 Å². The van der Waals surface area contributed by atoms with Crippen LogP contribution in [0.1, 0.15) is 36.8 Å². The number of aryl methyl sites for hydroxylation is 1. The summed E-state index contributed by atoms with van der Waals surface area (Å²) in [5.41, 5.74) is 5.04. The largest absolute Gasteiger partial charge is 0.396 e. The third-order valence-electron chi connectivity index (χ3n) is 3.64. The van der Waals surface area contributed by atoms with Crippen LogP contribution in [-0.2, 0) is 0 Å². The van der Waals surface area contributed by atoms with Crippen molar-refractivity contribution in [3.63, 3.8) is 0 Å². The van der Waals surface area contributed by atoms with Crippen molar-refractivity contribution < 1.29 is 5.11 Å². The van der Waals surface area contributed by atoms with Gasteiger partial charge in [0.25, 0.3) is 0 Å². The average molecular weight is 231 g/mol. The van der Waals surface area contributed by atoms with Gasteiger partial charge in [-0.2, -0.15) is 0 Å². The summed E-state index contributed by atoms with van der Waals surface area (Å²) in [5, 5.41) is 9.05. The SMILES string of the molecule is C=C(CCO)N1CCC(C)c2cccc(C)c21. The van der Waals surface area contributed by atoms with Crippen LogP contribution in [0.3, 0.4) is 0 Å². The van der Waals surface area contributed by atoms with Crippen LogP contribution in [-0.4, -0.2) is 18.3 Å². The smallest absolute Gasteiger partial charge is 0.0485 e. The first-order chi connectivity index (χ1) is 8.15. The van der Waals surface area contributed by atoms with Gasteiger partial charge in [0.2, 0.25) is 0 Å². The fourth-order valence-corrected chi connectivity index (χ4v) is 2.62. The molecule has 1 aromatic rings. The number of para-hydroxylation sites is 1.